The van der Waals surface area contributed by atoms with Crippen LogP contribution in [0.3, 0.4) is 0 Å². The molecule has 1 aromatic carbocycles. The van der Waals surface area contributed by atoms with Crippen molar-refractivity contribution in [2.75, 3.05) is 26.5 Å². The highest BCUT2D eigenvalue weighted by atomic mass is 32.2. The molecule has 1 N–H and O–H groups in total. The van der Waals surface area contributed by atoms with E-state index in [-0.39, 0.29) is 12.5 Å². The van der Waals surface area contributed by atoms with E-state index in [9.17, 15) is 13.2 Å². The summed E-state index contributed by atoms with van der Waals surface area (Å²) in [5.74, 6) is 0.446. The second kappa shape index (κ2) is 9.52. The fourth-order valence-corrected chi connectivity index (χ4v) is 2.87. The number of carbonyl (C=O) groups excluding carboxylic acids is 1. The van der Waals surface area contributed by atoms with E-state index >= 15 is 0 Å². The summed E-state index contributed by atoms with van der Waals surface area (Å²) in [5, 5.41) is 2.74. The smallest absolute Gasteiger partial charge is 0.235 e. The van der Waals surface area contributed by atoms with Crippen LogP contribution in [-0.4, -0.2) is 45.1 Å². The molecule has 0 aliphatic carbocycles. The SMILES string of the molecule is CCCCCN(CC(=O)NCc1ccc(OC)cc1)S(C)(=O)=O. The van der Waals surface area contributed by atoms with E-state index in [1.807, 2.05) is 31.2 Å². The van der Waals surface area contributed by atoms with Crippen molar-refractivity contribution in [1.29, 1.82) is 0 Å². The number of unbranched alkanes of at least 4 members (excludes halogenated alkanes) is 2. The largest absolute Gasteiger partial charge is 0.497 e. The number of rotatable bonds is 10. The van der Waals surface area contributed by atoms with Crippen LogP contribution in [0.1, 0.15) is 31.7 Å². The van der Waals surface area contributed by atoms with Gasteiger partial charge < -0.3 is 10.1 Å². The van der Waals surface area contributed by atoms with Gasteiger partial charge in [-0.3, -0.25) is 4.79 Å². The van der Waals surface area contributed by atoms with Crippen molar-refractivity contribution >= 4 is 15.9 Å². The molecule has 0 radical (unpaired) electrons. The second-order valence-electron chi connectivity index (χ2n) is 5.43. The number of sulfonamides is 1. The highest BCUT2D eigenvalue weighted by molar-refractivity contribution is 7.88. The van der Waals surface area contributed by atoms with Crippen LogP contribution in [0.4, 0.5) is 0 Å². The quantitative estimate of drug-likeness (QED) is 0.658. The van der Waals surface area contributed by atoms with Crippen molar-refractivity contribution in [1.82, 2.24) is 9.62 Å². The van der Waals surface area contributed by atoms with Crippen molar-refractivity contribution < 1.29 is 17.9 Å². The lowest BCUT2D eigenvalue weighted by atomic mass is 10.2. The average molecular weight is 342 g/mol. The Kier molecular flexibility index (Phi) is 8.05. The standard InChI is InChI=1S/C16H26N2O4S/c1-4-5-6-11-18(23(3,20)21)13-16(19)17-12-14-7-9-15(22-2)10-8-14/h7-10H,4-6,11-13H2,1-3H3,(H,17,19). The Hall–Kier alpha value is -1.60. The van der Waals surface area contributed by atoms with Gasteiger partial charge in [-0.2, -0.15) is 4.31 Å². The Balaban J connectivity index is 2.51. The van der Waals surface area contributed by atoms with Crippen LogP contribution in [0.5, 0.6) is 5.75 Å². The normalized spacial score (nSPS) is 11.5. The monoisotopic (exact) mass is 342 g/mol. The molecule has 0 spiro atoms. The molecule has 0 atom stereocenters. The highest BCUT2D eigenvalue weighted by Gasteiger charge is 2.19. The maximum Gasteiger partial charge on any atom is 0.235 e. The van der Waals surface area contributed by atoms with Crippen LogP contribution in [0.25, 0.3) is 0 Å². The molecule has 1 aromatic rings. The molecule has 0 unspecified atom stereocenters. The van der Waals surface area contributed by atoms with E-state index in [1.165, 1.54) is 4.31 Å². The van der Waals surface area contributed by atoms with Gasteiger partial charge in [0.2, 0.25) is 15.9 Å². The summed E-state index contributed by atoms with van der Waals surface area (Å²) >= 11 is 0. The molecule has 7 heteroatoms. The van der Waals surface area contributed by atoms with Crippen LogP contribution in [0.2, 0.25) is 0 Å². The molecule has 0 fully saturated rings. The van der Waals surface area contributed by atoms with Gasteiger partial charge in [-0.05, 0) is 24.1 Å². The minimum absolute atomic E-state index is 0.140. The lowest BCUT2D eigenvalue weighted by Crippen LogP contribution is -2.40. The summed E-state index contributed by atoms with van der Waals surface area (Å²) in [7, 11) is -1.78. The molecule has 23 heavy (non-hydrogen) atoms. The lowest BCUT2D eigenvalue weighted by molar-refractivity contribution is -0.121. The van der Waals surface area contributed by atoms with Gasteiger partial charge >= 0.3 is 0 Å². The Morgan fingerprint density at radius 1 is 1.22 bits per heavy atom. The highest BCUT2D eigenvalue weighted by Crippen LogP contribution is 2.11. The third-order valence-corrected chi connectivity index (χ3v) is 4.70. The van der Waals surface area contributed by atoms with E-state index in [1.54, 1.807) is 7.11 Å². The van der Waals surface area contributed by atoms with Gasteiger partial charge in [0.25, 0.3) is 0 Å². The Morgan fingerprint density at radius 3 is 2.39 bits per heavy atom. The predicted octanol–water partition coefficient (Wildman–Crippen LogP) is 1.76. The van der Waals surface area contributed by atoms with Crippen LogP contribution < -0.4 is 10.1 Å². The van der Waals surface area contributed by atoms with Gasteiger partial charge in [-0.15, -0.1) is 0 Å². The molecular formula is C16H26N2O4S. The molecule has 6 nitrogen and oxygen atoms in total. The number of ether oxygens (including phenoxy) is 1. The lowest BCUT2D eigenvalue weighted by Gasteiger charge is -2.19. The number of nitrogens with zero attached hydrogens (tertiary/aromatic N) is 1. The molecule has 0 aliphatic rings. The molecule has 0 aromatic heterocycles. The van der Waals surface area contributed by atoms with E-state index < -0.39 is 10.0 Å². The molecule has 1 rings (SSSR count). The topological polar surface area (TPSA) is 75.7 Å². The van der Waals surface area contributed by atoms with Crippen molar-refractivity contribution in [3.63, 3.8) is 0 Å². The zero-order valence-corrected chi connectivity index (χ0v) is 14.9. The molecule has 0 bridgehead atoms. The third-order valence-electron chi connectivity index (χ3n) is 3.45. The number of benzene rings is 1. The van der Waals surface area contributed by atoms with Crippen molar-refractivity contribution in [3.8, 4) is 5.75 Å². The summed E-state index contributed by atoms with van der Waals surface area (Å²) < 4.78 is 29.8. The molecule has 1 amide bonds. The summed E-state index contributed by atoms with van der Waals surface area (Å²) in [5.41, 5.74) is 0.927. The molecule has 0 aliphatic heterocycles. The fourth-order valence-electron chi connectivity index (χ4n) is 2.06. The number of amides is 1. The first kappa shape index (κ1) is 19.4. The van der Waals surface area contributed by atoms with E-state index in [2.05, 4.69) is 5.32 Å². The summed E-state index contributed by atoms with van der Waals surface area (Å²) in [6.45, 7) is 2.64. The number of methoxy groups -OCH3 is 1. The van der Waals surface area contributed by atoms with Gasteiger partial charge in [0.05, 0.1) is 19.9 Å². The second-order valence-corrected chi connectivity index (χ2v) is 7.41. The Labute approximate surface area is 138 Å². The van der Waals surface area contributed by atoms with Gasteiger partial charge in [0, 0.05) is 13.1 Å². The first-order valence-corrected chi connectivity index (χ1v) is 9.56. The molecule has 130 valence electrons. The average Bonchev–Trinajstić information content (AvgIpc) is 2.51. The molecule has 0 heterocycles. The maximum absolute atomic E-state index is 12.0. The number of nitrogens with one attached hydrogen (secondary N) is 1. The summed E-state index contributed by atoms with van der Waals surface area (Å²) in [6, 6.07) is 7.34. The van der Waals surface area contributed by atoms with Crippen LogP contribution in [-0.2, 0) is 21.4 Å². The zero-order valence-electron chi connectivity index (χ0n) is 14.0. The van der Waals surface area contributed by atoms with E-state index in [4.69, 9.17) is 4.74 Å². The number of carbonyl (C=O) groups is 1. The van der Waals surface area contributed by atoms with Gasteiger partial charge in [0.1, 0.15) is 5.75 Å². The van der Waals surface area contributed by atoms with Gasteiger partial charge in [0.15, 0.2) is 0 Å². The first-order valence-electron chi connectivity index (χ1n) is 7.71. The number of hydrogen-bond acceptors (Lipinski definition) is 4. The van der Waals surface area contributed by atoms with Crippen LogP contribution >= 0.6 is 0 Å². The van der Waals surface area contributed by atoms with Crippen molar-refractivity contribution in [2.45, 2.75) is 32.7 Å². The zero-order chi connectivity index (χ0) is 17.3. The third kappa shape index (κ3) is 7.47. The minimum Gasteiger partial charge on any atom is -0.497 e. The van der Waals surface area contributed by atoms with Crippen LogP contribution in [0, 0.1) is 0 Å². The predicted molar refractivity (Wildman–Crippen MR) is 90.8 cm³/mol. The number of hydrogen-bond donors (Lipinski definition) is 1. The van der Waals surface area contributed by atoms with E-state index in [0.717, 1.165) is 36.8 Å². The molecule has 0 saturated carbocycles. The first-order chi connectivity index (χ1) is 10.9. The van der Waals surface area contributed by atoms with Gasteiger partial charge in [-0.25, -0.2) is 8.42 Å². The summed E-state index contributed by atoms with van der Waals surface area (Å²) in [6.07, 6.45) is 3.84. The van der Waals surface area contributed by atoms with Crippen LogP contribution in [0.15, 0.2) is 24.3 Å². The van der Waals surface area contributed by atoms with Crippen molar-refractivity contribution in [3.05, 3.63) is 29.8 Å². The Bertz CT molecular complexity index is 585. The Morgan fingerprint density at radius 2 is 1.87 bits per heavy atom. The molecule has 0 saturated heterocycles. The summed E-state index contributed by atoms with van der Waals surface area (Å²) in [4.78, 5) is 12.0. The minimum atomic E-state index is -3.38. The fraction of sp³-hybridized carbons (Fsp3) is 0.562. The van der Waals surface area contributed by atoms with E-state index in [0.29, 0.717) is 13.1 Å². The maximum atomic E-state index is 12.0. The molecular weight excluding hydrogens is 316 g/mol. The van der Waals surface area contributed by atoms with Crippen molar-refractivity contribution in [2.24, 2.45) is 0 Å². The van der Waals surface area contributed by atoms with Gasteiger partial charge in [-0.1, -0.05) is 31.9 Å².